The van der Waals surface area contributed by atoms with Gasteiger partial charge >= 0.3 is 0 Å². The quantitative estimate of drug-likeness (QED) is 0.708. The highest BCUT2D eigenvalue weighted by Gasteiger charge is 2.20. The van der Waals surface area contributed by atoms with Crippen molar-refractivity contribution in [2.24, 2.45) is 0 Å². The van der Waals surface area contributed by atoms with Crippen molar-refractivity contribution in [2.45, 2.75) is 37.1 Å². The standard InChI is InChI=1S/C20H18FN5O2S/c21-18-10-7-15(25-29(27,28)16-8-5-14(13-22)6-9-16)12-17(18)20-24-23-19-4-2-1-3-11-26(19)20/h5-10,12,25H,1-4,11H2. The molecule has 2 aromatic carbocycles. The first kappa shape index (κ1) is 19.1. The number of sulfonamides is 1. The van der Waals surface area contributed by atoms with E-state index in [-0.39, 0.29) is 16.1 Å². The van der Waals surface area contributed by atoms with E-state index in [9.17, 15) is 12.8 Å². The summed E-state index contributed by atoms with van der Waals surface area (Å²) in [5.41, 5.74) is 0.780. The average molecular weight is 411 g/mol. The molecule has 29 heavy (non-hydrogen) atoms. The number of fused-ring (bicyclic) bond motifs is 1. The smallest absolute Gasteiger partial charge is 0.261 e. The van der Waals surface area contributed by atoms with Gasteiger partial charge < -0.3 is 4.57 Å². The van der Waals surface area contributed by atoms with E-state index in [1.165, 1.54) is 42.5 Å². The molecule has 1 aliphatic heterocycles. The molecule has 0 aliphatic carbocycles. The first-order valence-electron chi connectivity index (χ1n) is 9.23. The molecule has 1 aromatic heterocycles. The third-order valence-electron chi connectivity index (χ3n) is 4.86. The molecule has 0 atom stereocenters. The zero-order chi connectivity index (χ0) is 20.4. The zero-order valence-corrected chi connectivity index (χ0v) is 16.3. The maximum atomic E-state index is 14.6. The minimum atomic E-state index is -3.88. The van der Waals surface area contributed by atoms with Crippen LogP contribution in [0.4, 0.5) is 10.1 Å². The SMILES string of the molecule is N#Cc1ccc(S(=O)(=O)Nc2ccc(F)c(-c3nnc4n3CCCCC4)c2)cc1. The van der Waals surface area contributed by atoms with Crippen LogP contribution in [0.25, 0.3) is 11.4 Å². The lowest BCUT2D eigenvalue weighted by Gasteiger charge is -2.11. The summed E-state index contributed by atoms with van der Waals surface area (Å²) in [7, 11) is -3.88. The Morgan fingerprint density at radius 3 is 2.62 bits per heavy atom. The minimum Gasteiger partial charge on any atom is -0.311 e. The Morgan fingerprint density at radius 2 is 1.86 bits per heavy atom. The molecule has 148 valence electrons. The molecule has 2 heterocycles. The van der Waals surface area contributed by atoms with Crippen molar-refractivity contribution in [3.63, 3.8) is 0 Å². The largest absolute Gasteiger partial charge is 0.311 e. The fourth-order valence-electron chi connectivity index (χ4n) is 3.37. The van der Waals surface area contributed by atoms with Crippen LogP contribution in [0.3, 0.4) is 0 Å². The van der Waals surface area contributed by atoms with Crippen molar-refractivity contribution in [1.29, 1.82) is 5.26 Å². The van der Waals surface area contributed by atoms with Crippen LogP contribution >= 0.6 is 0 Å². The van der Waals surface area contributed by atoms with Crippen LogP contribution in [0.5, 0.6) is 0 Å². The molecule has 4 rings (SSSR count). The summed E-state index contributed by atoms with van der Waals surface area (Å²) >= 11 is 0. The first-order valence-corrected chi connectivity index (χ1v) is 10.7. The predicted molar refractivity (Wildman–Crippen MR) is 105 cm³/mol. The predicted octanol–water partition coefficient (Wildman–Crippen LogP) is 3.48. The molecular weight excluding hydrogens is 393 g/mol. The van der Waals surface area contributed by atoms with E-state index in [0.29, 0.717) is 17.9 Å². The lowest BCUT2D eigenvalue weighted by Crippen LogP contribution is -2.13. The van der Waals surface area contributed by atoms with Crippen LogP contribution in [0.2, 0.25) is 0 Å². The highest BCUT2D eigenvalue weighted by atomic mass is 32.2. The summed E-state index contributed by atoms with van der Waals surface area (Å²) < 4.78 is 44.2. The van der Waals surface area contributed by atoms with E-state index in [2.05, 4.69) is 14.9 Å². The number of aryl methyl sites for hydroxylation is 1. The Morgan fingerprint density at radius 1 is 1.07 bits per heavy atom. The summed E-state index contributed by atoms with van der Waals surface area (Å²) in [6.07, 6.45) is 3.85. The molecule has 0 radical (unpaired) electrons. The Hall–Kier alpha value is -3.25. The highest BCUT2D eigenvalue weighted by Crippen LogP contribution is 2.28. The van der Waals surface area contributed by atoms with Gasteiger partial charge in [-0.15, -0.1) is 10.2 Å². The maximum absolute atomic E-state index is 14.6. The van der Waals surface area contributed by atoms with Gasteiger partial charge in [-0.2, -0.15) is 5.26 Å². The number of rotatable bonds is 4. The Kier molecular flexibility index (Phi) is 5.03. The number of hydrogen-bond donors (Lipinski definition) is 1. The number of aromatic nitrogens is 3. The fourth-order valence-corrected chi connectivity index (χ4v) is 4.42. The van der Waals surface area contributed by atoms with Gasteiger partial charge in [0, 0.05) is 18.7 Å². The molecule has 0 spiro atoms. The van der Waals surface area contributed by atoms with E-state index >= 15 is 0 Å². The molecule has 1 aliphatic rings. The Balaban J connectivity index is 1.67. The molecule has 0 fully saturated rings. The molecular formula is C20H18FN5O2S. The van der Waals surface area contributed by atoms with Crippen molar-refractivity contribution in [3.8, 4) is 17.5 Å². The van der Waals surface area contributed by atoms with Gasteiger partial charge in [-0.3, -0.25) is 4.72 Å². The number of nitrogens with zero attached hydrogens (tertiary/aromatic N) is 4. The monoisotopic (exact) mass is 411 g/mol. The summed E-state index contributed by atoms with van der Waals surface area (Å²) in [6, 6.07) is 11.5. The van der Waals surface area contributed by atoms with Gasteiger partial charge in [-0.25, -0.2) is 12.8 Å². The summed E-state index contributed by atoms with van der Waals surface area (Å²) in [4.78, 5) is 0.0127. The molecule has 7 nitrogen and oxygen atoms in total. The lowest BCUT2D eigenvalue weighted by molar-refractivity contribution is 0.601. The first-order chi connectivity index (χ1) is 14.0. The van der Waals surface area contributed by atoms with E-state index < -0.39 is 15.8 Å². The second-order valence-corrected chi connectivity index (χ2v) is 8.52. The normalized spacial score (nSPS) is 13.9. The van der Waals surface area contributed by atoms with Gasteiger partial charge in [0.1, 0.15) is 11.6 Å². The molecule has 0 saturated carbocycles. The van der Waals surface area contributed by atoms with Crippen molar-refractivity contribution >= 4 is 15.7 Å². The van der Waals surface area contributed by atoms with Crippen LogP contribution in [-0.4, -0.2) is 23.2 Å². The van der Waals surface area contributed by atoms with Gasteiger partial charge in [-0.05, 0) is 55.3 Å². The van der Waals surface area contributed by atoms with Crippen molar-refractivity contribution in [1.82, 2.24) is 14.8 Å². The second-order valence-electron chi connectivity index (χ2n) is 6.84. The van der Waals surface area contributed by atoms with Crippen LogP contribution in [-0.2, 0) is 23.0 Å². The van der Waals surface area contributed by atoms with Gasteiger partial charge in [0.2, 0.25) is 0 Å². The van der Waals surface area contributed by atoms with Crippen LogP contribution in [0.1, 0.15) is 30.7 Å². The summed E-state index contributed by atoms with van der Waals surface area (Å²) in [6.45, 7) is 0.707. The maximum Gasteiger partial charge on any atom is 0.261 e. The van der Waals surface area contributed by atoms with E-state index in [0.717, 1.165) is 31.5 Å². The molecule has 0 bridgehead atoms. The third-order valence-corrected chi connectivity index (χ3v) is 6.26. The van der Waals surface area contributed by atoms with Crippen LogP contribution in [0.15, 0.2) is 47.4 Å². The highest BCUT2D eigenvalue weighted by molar-refractivity contribution is 7.92. The summed E-state index contributed by atoms with van der Waals surface area (Å²) in [5, 5.41) is 17.2. The van der Waals surface area contributed by atoms with Crippen molar-refractivity contribution in [2.75, 3.05) is 4.72 Å². The lowest BCUT2D eigenvalue weighted by atomic mass is 10.1. The number of halogens is 1. The van der Waals surface area contributed by atoms with E-state index in [4.69, 9.17) is 5.26 Å². The minimum absolute atomic E-state index is 0.0127. The number of benzene rings is 2. The number of nitriles is 1. The van der Waals surface area contributed by atoms with Crippen molar-refractivity contribution in [3.05, 3.63) is 59.7 Å². The average Bonchev–Trinajstić information content (AvgIpc) is 2.97. The van der Waals surface area contributed by atoms with Gasteiger partial charge in [-0.1, -0.05) is 6.42 Å². The molecule has 0 unspecified atom stereocenters. The van der Waals surface area contributed by atoms with Gasteiger partial charge in [0.05, 0.1) is 22.1 Å². The third kappa shape index (κ3) is 3.84. The van der Waals surface area contributed by atoms with E-state index in [1.54, 1.807) is 0 Å². The topological polar surface area (TPSA) is 101 Å². The summed E-state index contributed by atoms with van der Waals surface area (Å²) in [5.74, 6) is 0.727. The second kappa shape index (κ2) is 7.64. The number of nitrogens with one attached hydrogen (secondary N) is 1. The van der Waals surface area contributed by atoms with Crippen molar-refractivity contribution < 1.29 is 12.8 Å². The van der Waals surface area contributed by atoms with Crippen LogP contribution in [0, 0.1) is 17.1 Å². The molecule has 1 N–H and O–H groups in total. The molecule has 0 saturated heterocycles. The van der Waals surface area contributed by atoms with Crippen LogP contribution < -0.4 is 4.72 Å². The van der Waals surface area contributed by atoms with Gasteiger partial charge in [0.25, 0.3) is 10.0 Å². The van der Waals surface area contributed by atoms with E-state index in [1.807, 2.05) is 10.6 Å². The molecule has 3 aromatic rings. The molecule has 0 amide bonds. The van der Waals surface area contributed by atoms with Gasteiger partial charge in [0.15, 0.2) is 5.82 Å². The Labute approximate surface area is 167 Å². The Bertz CT molecular complexity index is 1200. The number of anilines is 1. The number of hydrogen-bond acceptors (Lipinski definition) is 5. The molecule has 9 heteroatoms. The zero-order valence-electron chi connectivity index (χ0n) is 15.5. The fraction of sp³-hybridized carbons (Fsp3) is 0.250.